The quantitative estimate of drug-likeness (QED) is 0.836. The van der Waals surface area contributed by atoms with Crippen LogP contribution in [-0.2, 0) is 6.42 Å². The van der Waals surface area contributed by atoms with Gasteiger partial charge in [0.05, 0.1) is 19.8 Å². The van der Waals surface area contributed by atoms with E-state index in [4.69, 9.17) is 14.5 Å². The van der Waals surface area contributed by atoms with E-state index < -0.39 is 0 Å². The molecule has 1 aromatic carbocycles. The fourth-order valence-corrected chi connectivity index (χ4v) is 3.73. The lowest BCUT2D eigenvalue weighted by Crippen LogP contribution is -2.31. The zero-order chi connectivity index (χ0) is 16.4. The Labute approximate surface area is 139 Å². The van der Waals surface area contributed by atoms with E-state index in [0.29, 0.717) is 0 Å². The first kappa shape index (κ1) is 16.3. The van der Waals surface area contributed by atoms with E-state index in [1.165, 1.54) is 42.8 Å². The second kappa shape index (κ2) is 6.52. The Balaban J connectivity index is 1.90. The number of rotatable bonds is 5. The third-order valence-corrected chi connectivity index (χ3v) is 4.84. The van der Waals surface area contributed by atoms with Crippen molar-refractivity contribution in [3.63, 3.8) is 0 Å². The van der Waals surface area contributed by atoms with E-state index in [9.17, 15) is 0 Å². The van der Waals surface area contributed by atoms with Gasteiger partial charge in [-0.2, -0.15) is 0 Å². The van der Waals surface area contributed by atoms with Crippen molar-refractivity contribution >= 4 is 5.71 Å². The molecule has 1 aromatic rings. The van der Waals surface area contributed by atoms with Gasteiger partial charge in [0.2, 0.25) is 0 Å². The minimum atomic E-state index is -0.0487. The van der Waals surface area contributed by atoms with Crippen LogP contribution in [0.2, 0.25) is 0 Å². The van der Waals surface area contributed by atoms with Gasteiger partial charge < -0.3 is 14.4 Å². The van der Waals surface area contributed by atoms with Crippen LogP contribution in [0.3, 0.4) is 0 Å². The van der Waals surface area contributed by atoms with Crippen LogP contribution in [0.4, 0.5) is 0 Å². The van der Waals surface area contributed by atoms with E-state index in [1.807, 2.05) is 0 Å². The van der Waals surface area contributed by atoms with Crippen molar-refractivity contribution in [1.29, 1.82) is 0 Å². The van der Waals surface area contributed by atoms with E-state index in [2.05, 4.69) is 30.9 Å². The predicted octanol–water partition coefficient (Wildman–Crippen LogP) is 3.31. The largest absolute Gasteiger partial charge is 0.493 e. The smallest absolute Gasteiger partial charge is 0.161 e. The number of fused-ring (bicyclic) bond motifs is 1. The van der Waals surface area contributed by atoms with E-state index in [1.54, 1.807) is 14.2 Å². The first-order valence-electron chi connectivity index (χ1n) is 8.59. The van der Waals surface area contributed by atoms with Crippen molar-refractivity contribution in [2.75, 3.05) is 33.9 Å². The molecule has 0 aromatic heterocycles. The first-order chi connectivity index (χ1) is 11.0. The molecule has 0 atom stereocenters. The lowest BCUT2D eigenvalue weighted by molar-refractivity contribution is 0.348. The number of aliphatic imine (C=N–C) groups is 1. The molecule has 1 fully saturated rings. The summed E-state index contributed by atoms with van der Waals surface area (Å²) in [6.07, 6.45) is 4.61. The standard InChI is InChI=1S/C19H28N2O2/c1-19(2)13-14-11-17(22-3)18(23-4)12-15(14)16(20-19)7-10-21-8-5-6-9-21/h11-12H,5-10,13H2,1-4H3. The summed E-state index contributed by atoms with van der Waals surface area (Å²) in [4.78, 5) is 7.59. The Kier molecular flexibility index (Phi) is 4.62. The van der Waals surface area contributed by atoms with Crippen molar-refractivity contribution in [3.05, 3.63) is 23.3 Å². The number of ether oxygens (including phenoxy) is 2. The van der Waals surface area contributed by atoms with Gasteiger partial charge in [-0.15, -0.1) is 0 Å². The third kappa shape index (κ3) is 3.52. The fraction of sp³-hybridized carbons (Fsp3) is 0.632. The molecule has 0 bridgehead atoms. The molecule has 1 saturated heterocycles. The summed E-state index contributed by atoms with van der Waals surface area (Å²) >= 11 is 0. The molecule has 0 unspecified atom stereocenters. The van der Waals surface area contributed by atoms with E-state index >= 15 is 0 Å². The van der Waals surface area contributed by atoms with Gasteiger partial charge in [-0.05, 0) is 63.9 Å². The highest BCUT2D eigenvalue weighted by Crippen LogP contribution is 2.36. The van der Waals surface area contributed by atoms with Gasteiger partial charge in [0.1, 0.15) is 0 Å². The molecule has 2 aliphatic rings. The maximum atomic E-state index is 5.49. The Bertz CT molecular complexity index is 602. The molecule has 4 heteroatoms. The van der Waals surface area contributed by atoms with Crippen molar-refractivity contribution < 1.29 is 9.47 Å². The monoisotopic (exact) mass is 316 g/mol. The molecule has 4 nitrogen and oxygen atoms in total. The first-order valence-corrected chi connectivity index (χ1v) is 8.59. The van der Waals surface area contributed by atoms with E-state index in [-0.39, 0.29) is 5.54 Å². The number of benzene rings is 1. The fourth-order valence-electron chi connectivity index (χ4n) is 3.73. The maximum Gasteiger partial charge on any atom is 0.161 e. The average Bonchev–Trinajstić information content (AvgIpc) is 3.03. The molecule has 2 heterocycles. The number of likely N-dealkylation sites (tertiary alicyclic amines) is 1. The molecule has 0 radical (unpaired) electrons. The van der Waals surface area contributed by atoms with Crippen molar-refractivity contribution in [2.45, 2.75) is 45.1 Å². The molecular weight excluding hydrogens is 288 g/mol. The molecule has 0 amide bonds. The van der Waals surface area contributed by atoms with Crippen LogP contribution >= 0.6 is 0 Å². The highest BCUT2D eigenvalue weighted by molar-refractivity contribution is 6.03. The SMILES string of the molecule is COc1cc2c(cc1OC)C(CCN1CCCC1)=NC(C)(C)C2. The van der Waals surface area contributed by atoms with Crippen LogP contribution in [-0.4, -0.2) is 50.0 Å². The van der Waals surface area contributed by atoms with Gasteiger partial charge in [0.25, 0.3) is 0 Å². The predicted molar refractivity (Wildman–Crippen MR) is 94.2 cm³/mol. The number of hydrogen-bond donors (Lipinski definition) is 0. The highest BCUT2D eigenvalue weighted by atomic mass is 16.5. The maximum absolute atomic E-state index is 5.49. The lowest BCUT2D eigenvalue weighted by atomic mass is 9.85. The Morgan fingerprint density at radius 3 is 2.39 bits per heavy atom. The second-order valence-electron chi connectivity index (χ2n) is 7.21. The minimum Gasteiger partial charge on any atom is -0.493 e. The zero-order valence-electron chi connectivity index (χ0n) is 14.8. The van der Waals surface area contributed by atoms with Crippen molar-refractivity contribution in [1.82, 2.24) is 4.90 Å². The van der Waals surface area contributed by atoms with Crippen LogP contribution in [0.15, 0.2) is 17.1 Å². The van der Waals surface area contributed by atoms with Gasteiger partial charge in [-0.25, -0.2) is 0 Å². The van der Waals surface area contributed by atoms with E-state index in [0.717, 1.165) is 30.9 Å². The zero-order valence-corrected chi connectivity index (χ0v) is 14.8. The Hall–Kier alpha value is -1.55. The Morgan fingerprint density at radius 2 is 1.74 bits per heavy atom. The third-order valence-electron chi connectivity index (χ3n) is 4.84. The summed E-state index contributed by atoms with van der Waals surface area (Å²) < 4.78 is 11.0. The van der Waals surface area contributed by atoms with Gasteiger partial charge in [0.15, 0.2) is 11.5 Å². The number of nitrogens with zero attached hydrogens (tertiary/aromatic N) is 2. The molecule has 126 valence electrons. The van der Waals surface area contributed by atoms with Crippen molar-refractivity contribution in [3.8, 4) is 11.5 Å². The van der Waals surface area contributed by atoms with Crippen LogP contribution in [0, 0.1) is 0 Å². The van der Waals surface area contributed by atoms with Crippen LogP contribution in [0.1, 0.15) is 44.2 Å². The molecule has 0 spiro atoms. The summed E-state index contributed by atoms with van der Waals surface area (Å²) in [5.74, 6) is 1.60. The summed E-state index contributed by atoms with van der Waals surface area (Å²) in [6, 6.07) is 4.23. The molecule has 23 heavy (non-hydrogen) atoms. The molecular formula is C19H28N2O2. The molecule has 0 N–H and O–H groups in total. The van der Waals surface area contributed by atoms with Crippen LogP contribution in [0.5, 0.6) is 11.5 Å². The summed E-state index contributed by atoms with van der Waals surface area (Å²) in [6.45, 7) is 7.98. The molecule has 2 aliphatic heterocycles. The van der Waals surface area contributed by atoms with Gasteiger partial charge in [0, 0.05) is 24.2 Å². The van der Waals surface area contributed by atoms with Gasteiger partial charge >= 0.3 is 0 Å². The highest BCUT2D eigenvalue weighted by Gasteiger charge is 2.28. The molecule has 0 saturated carbocycles. The topological polar surface area (TPSA) is 34.1 Å². The normalized spacial score (nSPS) is 20.1. The number of hydrogen-bond acceptors (Lipinski definition) is 4. The van der Waals surface area contributed by atoms with Gasteiger partial charge in [-0.3, -0.25) is 4.99 Å². The second-order valence-corrected chi connectivity index (χ2v) is 7.21. The molecule has 0 aliphatic carbocycles. The molecule has 3 rings (SSSR count). The summed E-state index contributed by atoms with van der Waals surface area (Å²) in [5, 5.41) is 0. The Morgan fingerprint density at radius 1 is 1.09 bits per heavy atom. The summed E-state index contributed by atoms with van der Waals surface area (Å²) in [7, 11) is 3.39. The van der Waals surface area contributed by atoms with Crippen LogP contribution < -0.4 is 9.47 Å². The minimum absolute atomic E-state index is 0.0487. The number of methoxy groups -OCH3 is 2. The van der Waals surface area contributed by atoms with Crippen LogP contribution in [0.25, 0.3) is 0 Å². The lowest BCUT2D eigenvalue weighted by Gasteiger charge is -2.30. The average molecular weight is 316 g/mol. The van der Waals surface area contributed by atoms with Crippen molar-refractivity contribution in [2.24, 2.45) is 4.99 Å². The summed E-state index contributed by atoms with van der Waals surface area (Å²) in [5.41, 5.74) is 3.72. The van der Waals surface area contributed by atoms with Gasteiger partial charge in [-0.1, -0.05) is 0 Å².